The van der Waals surface area contributed by atoms with Crippen LogP contribution in [0.25, 0.3) is 0 Å². The molecule has 0 aromatic heterocycles. The standard InChI is InChI=1S/C15H19ClN2O3S/c1-22(20,21)18-11-4-5-13(16)12(8-11)15(19)17-14-7-9-2-3-10(14)6-9/h4-5,8-10,14,18H,2-3,6-7H2,1H3,(H,17,19)/t9-,10+,14-/m0/s1. The normalized spacial score (nSPS) is 26.9. The number of rotatable bonds is 4. The van der Waals surface area contributed by atoms with Gasteiger partial charge >= 0.3 is 0 Å². The molecule has 120 valence electrons. The van der Waals surface area contributed by atoms with Crippen LogP contribution >= 0.6 is 11.6 Å². The largest absolute Gasteiger partial charge is 0.349 e. The predicted octanol–water partition coefficient (Wildman–Crippen LogP) is 2.63. The third kappa shape index (κ3) is 3.38. The Labute approximate surface area is 135 Å². The van der Waals surface area contributed by atoms with Crippen LogP contribution in [0.3, 0.4) is 0 Å². The highest BCUT2D eigenvalue weighted by atomic mass is 35.5. The smallest absolute Gasteiger partial charge is 0.253 e. The van der Waals surface area contributed by atoms with Crippen molar-refractivity contribution >= 4 is 33.2 Å². The Morgan fingerprint density at radius 2 is 2.05 bits per heavy atom. The van der Waals surface area contributed by atoms with Crippen molar-refractivity contribution in [2.75, 3.05) is 11.0 Å². The van der Waals surface area contributed by atoms with E-state index in [0.29, 0.717) is 22.2 Å². The van der Waals surface area contributed by atoms with Crippen molar-refractivity contribution in [2.45, 2.75) is 31.7 Å². The first kappa shape index (κ1) is 15.6. The fraction of sp³-hybridized carbons (Fsp3) is 0.533. The van der Waals surface area contributed by atoms with Gasteiger partial charge in [0.1, 0.15) is 0 Å². The zero-order chi connectivity index (χ0) is 15.9. The van der Waals surface area contributed by atoms with Crippen LogP contribution in [0.15, 0.2) is 18.2 Å². The van der Waals surface area contributed by atoms with Gasteiger partial charge in [0.25, 0.3) is 5.91 Å². The van der Waals surface area contributed by atoms with Crippen LogP contribution in [0.2, 0.25) is 5.02 Å². The first-order valence-corrected chi connectivity index (χ1v) is 9.67. The van der Waals surface area contributed by atoms with Gasteiger partial charge in [0, 0.05) is 11.7 Å². The molecule has 1 aromatic rings. The maximum absolute atomic E-state index is 12.4. The van der Waals surface area contributed by atoms with Gasteiger partial charge < -0.3 is 5.32 Å². The quantitative estimate of drug-likeness (QED) is 0.883. The Kier molecular flexibility index (Phi) is 4.07. The summed E-state index contributed by atoms with van der Waals surface area (Å²) in [7, 11) is -3.39. The molecule has 2 bridgehead atoms. The number of carbonyl (C=O) groups is 1. The lowest BCUT2D eigenvalue weighted by molar-refractivity contribution is 0.0923. The van der Waals surface area contributed by atoms with E-state index < -0.39 is 10.0 Å². The molecule has 0 radical (unpaired) electrons. The molecule has 0 unspecified atom stereocenters. The van der Waals surface area contributed by atoms with Crippen molar-refractivity contribution in [3.63, 3.8) is 0 Å². The number of benzene rings is 1. The molecule has 2 N–H and O–H groups in total. The van der Waals surface area contributed by atoms with Gasteiger partial charge in [0.2, 0.25) is 10.0 Å². The Morgan fingerprint density at radius 3 is 2.64 bits per heavy atom. The summed E-state index contributed by atoms with van der Waals surface area (Å²) in [5.74, 6) is 1.08. The molecule has 2 aliphatic rings. The summed E-state index contributed by atoms with van der Waals surface area (Å²) in [6, 6.07) is 4.77. The van der Waals surface area contributed by atoms with E-state index in [9.17, 15) is 13.2 Å². The minimum absolute atomic E-state index is 0.217. The highest BCUT2D eigenvalue weighted by Gasteiger charge is 2.40. The Hall–Kier alpha value is -1.27. The average Bonchev–Trinajstić information content (AvgIpc) is 3.01. The molecule has 5 nitrogen and oxygen atoms in total. The second-order valence-corrected chi connectivity index (χ2v) is 8.48. The van der Waals surface area contributed by atoms with Crippen LogP contribution in [0, 0.1) is 11.8 Å². The lowest BCUT2D eigenvalue weighted by Crippen LogP contribution is -2.38. The summed E-state index contributed by atoms with van der Waals surface area (Å²) in [6.07, 6.45) is 5.75. The van der Waals surface area contributed by atoms with E-state index in [4.69, 9.17) is 11.6 Å². The topological polar surface area (TPSA) is 75.3 Å². The number of fused-ring (bicyclic) bond motifs is 2. The summed E-state index contributed by atoms with van der Waals surface area (Å²) in [4.78, 5) is 12.4. The molecule has 22 heavy (non-hydrogen) atoms. The number of sulfonamides is 1. The highest BCUT2D eigenvalue weighted by molar-refractivity contribution is 7.92. The fourth-order valence-corrected chi connectivity index (χ4v) is 4.40. The molecule has 0 heterocycles. The van der Waals surface area contributed by atoms with Crippen LogP contribution < -0.4 is 10.0 Å². The zero-order valence-corrected chi connectivity index (χ0v) is 13.9. The second-order valence-electron chi connectivity index (χ2n) is 6.32. The van der Waals surface area contributed by atoms with Gasteiger partial charge in [-0.1, -0.05) is 18.0 Å². The van der Waals surface area contributed by atoms with E-state index in [1.165, 1.54) is 37.5 Å². The molecule has 0 saturated heterocycles. The van der Waals surface area contributed by atoms with E-state index in [1.54, 1.807) is 0 Å². The van der Waals surface area contributed by atoms with E-state index >= 15 is 0 Å². The number of hydrogen-bond donors (Lipinski definition) is 2. The van der Waals surface area contributed by atoms with Crippen LogP contribution in [-0.4, -0.2) is 26.6 Å². The average molecular weight is 343 g/mol. The summed E-state index contributed by atoms with van der Waals surface area (Å²) in [6.45, 7) is 0. The second kappa shape index (κ2) is 5.74. The predicted molar refractivity (Wildman–Crippen MR) is 86.6 cm³/mol. The first-order chi connectivity index (χ1) is 10.3. The summed E-state index contributed by atoms with van der Waals surface area (Å²) >= 11 is 6.09. The Bertz CT molecular complexity index is 705. The van der Waals surface area contributed by atoms with Gasteiger partial charge in [-0.3, -0.25) is 9.52 Å². The zero-order valence-electron chi connectivity index (χ0n) is 12.3. The molecule has 2 saturated carbocycles. The van der Waals surface area contributed by atoms with Crippen molar-refractivity contribution in [1.29, 1.82) is 0 Å². The molecular formula is C15H19ClN2O3S. The summed E-state index contributed by atoms with van der Waals surface area (Å²) in [5.41, 5.74) is 0.642. The van der Waals surface area contributed by atoms with Gasteiger partial charge in [-0.15, -0.1) is 0 Å². The first-order valence-electron chi connectivity index (χ1n) is 7.40. The van der Waals surface area contributed by atoms with Crippen LogP contribution in [-0.2, 0) is 10.0 Å². The lowest BCUT2D eigenvalue weighted by Gasteiger charge is -2.23. The van der Waals surface area contributed by atoms with Gasteiger partial charge in [0.05, 0.1) is 16.8 Å². The molecule has 2 aliphatic carbocycles. The maximum atomic E-state index is 12.4. The van der Waals surface area contributed by atoms with Crippen molar-refractivity contribution in [1.82, 2.24) is 5.32 Å². The molecule has 3 rings (SSSR count). The molecule has 0 aliphatic heterocycles. The summed E-state index contributed by atoms with van der Waals surface area (Å²) < 4.78 is 24.9. The molecule has 1 amide bonds. The van der Waals surface area contributed by atoms with Crippen molar-refractivity contribution in [2.24, 2.45) is 11.8 Å². The van der Waals surface area contributed by atoms with E-state index in [2.05, 4.69) is 10.0 Å². The molecular weight excluding hydrogens is 324 g/mol. The van der Waals surface area contributed by atoms with Crippen molar-refractivity contribution < 1.29 is 13.2 Å². The minimum Gasteiger partial charge on any atom is -0.349 e. The van der Waals surface area contributed by atoms with E-state index in [0.717, 1.165) is 18.6 Å². The number of halogens is 1. The number of hydrogen-bond acceptors (Lipinski definition) is 3. The number of anilines is 1. The van der Waals surface area contributed by atoms with Gasteiger partial charge in [-0.05, 0) is 49.3 Å². The molecule has 3 atom stereocenters. The van der Waals surface area contributed by atoms with E-state index in [1.807, 2.05) is 0 Å². The maximum Gasteiger partial charge on any atom is 0.253 e. The monoisotopic (exact) mass is 342 g/mol. The number of amides is 1. The van der Waals surface area contributed by atoms with Gasteiger partial charge in [-0.25, -0.2) is 8.42 Å². The molecule has 1 aromatic carbocycles. The van der Waals surface area contributed by atoms with Gasteiger partial charge in [0.15, 0.2) is 0 Å². The van der Waals surface area contributed by atoms with E-state index in [-0.39, 0.29) is 11.9 Å². The highest BCUT2D eigenvalue weighted by Crippen LogP contribution is 2.44. The minimum atomic E-state index is -3.39. The van der Waals surface area contributed by atoms with Crippen LogP contribution in [0.4, 0.5) is 5.69 Å². The Morgan fingerprint density at radius 1 is 1.27 bits per heavy atom. The molecule has 2 fully saturated rings. The SMILES string of the molecule is CS(=O)(=O)Nc1ccc(Cl)c(C(=O)N[C@H]2C[C@H]3CC[C@@H]2C3)c1. The lowest BCUT2D eigenvalue weighted by atomic mass is 9.95. The molecule has 7 heteroatoms. The van der Waals surface area contributed by atoms with Crippen molar-refractivity contribution in [3.8, 4) is 0 Å². The fourth-order valence-electron chi connectivity index (χ4n) is 3.64. The number of nitrogens with one attached hydrogen (secondary N) is 2. The van der Waals surface area contributed by atoms with Crippen LogP contribution in [0.1, 0.15) is 36.0 Å². The van der Waals surface area contributed by atoms with Crippen LogP contribution in [0.5, 0.6) is 0 Å². The molecule has 0 spiro atoms. The summed E-state index contributed by atoms with van der Waals surface area (Å²) in [5, 5.41) is 3.38. The Balaban J connectivity index is 1.75. The van der Waals surface area contributed by atoms with Crippen molar-refractivity contribution in [3.05, 3.63) is 28.8 Å². The third-order valence-corrected chi connectivity index (χ3v) is 5.50. The number of carbonyl (C=O) groups excluding carboxylic acids is 1. The third-order valence-electron chi connectivity index (χ3n) is 4.57. The van der Waals surface area contributed by atoms with Gasteiger partial charge in [-0.2, -0.15) is 0 Å².